The number of likely N-dealkylation sites (tertiary alicyclic amines) is 1. The Morgan fingerprint density at radius 2 is 1.71 bits per heavy atom. The number of aromatic nitrogens is 1. The van der Waals surface area contributed by atoms with Crippen LogP contribution in [0.5, 0.6) is 0 Å². The first kappa shape index (κ1) is 17.0. The van der Waals surface area contributed by atoms with E-state index in [2.05, 4.69) is 10.3 Å². The summed E-state index contributed by atoms with van der Waals surface area (Å²) in [6.45, 7) is 1.33. The molecule has 1 aromatic heterocycles. The van der Waals surface area contributed by atoms with Crippen molar-refractivity contribution in [1.29, 1.82) is 0 Å². The molecule has 1 atom stereocenters. The van der Waals surface area contributed by atoms with Gasteiger partial charge in [0.2, 0.25) is 5.91 Å². The highest BCUT2D eigenvalue weighted by Crippen LogP contribution is 2.39. The fourth-order valence-corrected chi connectivity index (χ4v) is 4.66. The lowest BCUT2D eigenvalue weighted by Crippen LogP contribution is -2.52. The highest BCUT2D eigenvalue weighted by molar-refractivity contribution is 5.98. The summed E-state index contributed by atoms with van der Waals surface area (Å²) in [4.78, 5) is 30.6. The highest BCUT2D eigenvalue weighted by Gasteiger charge is 2.46. The van der Waals surface area contributed by atoms with Crippen molar-refractivity contribution in [2.45, 2.75) is 30.7 Å². The average molecular weight is 373 g/mol. The zero-order valence-corrected chi connectivity index (χ0v) is 15.7. The van der Waals surface area contributed by atoms with Gasteiger partial charge >= 0.3 is 0 Å². The predicted octanol–water partition coefficient (Wildman–Crippen LogP) is 3.45. The molecule has 2 amide bonds. The highest BCUT2D eigenvalue weighted by atomic mass is 16.2. The van der Waals surface area contributed by atoms with Gasteiger partial charge in [-0.2, -0.15) is 0 Å². The van der Waals surface area contributed by atoms with Crippen molar-refractivity contribution in [2.24, 2.45) is 0 Å². The summed E-state index contributed by atoms with van der Waals surface area (Å²) in [5.41, 5.74) is 2.51. The molecule has 0 bridgehead atoms. The Kier molecular flexibility index (Phi) is 3.97. The lowest BCUT2D eigenvalue weighted by Gasteiger charge is -2.39. The van der Waals surface area contributed by atoms with Crippen LogP contribution in [0.25, 0.3) is 10.9 Å². The SMILES string of the molecule is O=C1NC2(CCN(C(=O)c3cc4ccccc4[nH]3)CC2)CC1c1ccccc1. The number of carbonyl (C=O) groups is 2. The summed E-state index contributed by atoms with van der Waals surface area (Å²) in [5, 5.41) is 4.30. The van der Waals surface area contributed by atoms with Crippen LogP contribution < -0.4 is 5.32 Å². The fraction of sp³-hybridized carbons (Fsp3) is 0.304. The molecule has 5 heteroatoms. The minimum Gasteiger partial charge on any atom is -0.351 e. The molecule has 2 N–H and O–H groups in total. The molecule has 142 valence electrons. The number of amides is 2. The van der Waals surface area contributed by atoms with E-state index in [4.69, 9.17) is 0 Å². The van der Waals surface area contributed by atoms with Gasteiger partial charge in [-0.3, -0.25) is 9.59 Å². The van der Waals surface area contributed by atoms with E-state index < -0.39 is 0 Å². The molecule has 0 radical (unpaired) electrons. The number of aromatic amines is 1. The van der Waals surface area contributed by atoms with Gasteiger partial charge in [-0.15, -0.1) is 0 Å². The Labute approximate surface area is 163 Å². The van der Waals surface area contributed by atoms with Gasteiger partial charge in [0.1, 0.15) is 5.69 Å². The Morgan fingerprint density at radius 1 is 1.00 bits per heavy atom. The molecule has 2 fully saturated rings. The molecule has 3 heterocycles. The maximum Gasteiger partial charge on any atom is 0.270 e. The van der Waals surface area contributed by atoms with Gasteiger partial charge in [-0.1, -0.05) is 48.5 Å². The molecule has 28 heavy (non-hydrogen) atoms. The molecule has 2 aliphatic rings. The standard InChI is InChI=1S/C23H23N3O2/c27-21-18(16-6-2-1-3-7-16)15-23(25-21)10-12-26(13-11-23)22(28)20-14-17-8-4-5-9-19(17)24-20/h1-9,14,18,24H,10-13,15H2,(H,25,27). The van der Waals surface area contributed by atoms with Gasteiger partial charge in [-0.25, -0.2) is 0 Å². The van der Waals surface area contributed by atoms with Crippen LogP contribution in [0, 0.1) is 0 Å². The van der Waals surface area contributed by atoms with Crippen LogP contribution in [-0.2, 0) is 4.79 Å². The maximum absolute atomic E-state index is 12.9. The minimum atomic E-state index is -0.186. The van der Waals surface area contributed by atoms with Gasteiger partial charge in [0.15, 0.2) is 0 Å². The predicted molar refractivity (Wildman–Crippen MR) is 108 cm³/mol. The minimum absolute atomic E-state index is 0.0370. The van der Waals surface area contributed by atoms with Gasteiger partial charge < -0.3 is 15.2 Å². The quantitative estimate of drug-likeness (QED) is 0.723. The second-order valence-electron chi connectivity index (χ2n) is 8.00. The van der Waals surface area contributed by atoms with E-state index in [-0.39, 0.29) is 23.3 Å². The van der Waals surface area contributed by atoms with E-state index in [1.165, 1.54) is 0 Å². The number of benzene rings is 2. The van der Waals surface area contributed by atoms with Crippen LogP contribution >= 0.6 is 0 Å². The number of piperidine rings is 1. The summed E-state index contributed by atoms with van der Waals surface area (Å²) < 4.78 is 0. The van der Waals surface area contributed by atoms with Crippen LogP contribution in [0.15, 0.2) is 60.7 Å². The van der Waals surface area contributed by atoms with E-state index in [1.807, 2.05) is 65.6 Å². The third kappa shape index (κ3) is 2.87. The van der Waals surface area contributed by atoms with Gasteiger partial charge in [-0.05, 0) is 37.0 Å². The number of rotatable bonds is 2. The summed E-state index contributed by atoms with van der Waals surface area (Å²) in [5.74, 6) is 0.0636. The number of fused-ring (bicyclic) bond motifs is 1. The number of nitrogens with zero attached hydrogens (tertiary/aromatic N) is 1. The molecule has 0 aliphatic carbocycles. The molecule has 0 saturated carbocycles. The summed E-state index contributed by atoms with van der Waals surface area (Å²) in [6.07, 6.45) is 2.41. The zero-order valence-electron chi connectivity index (χ0n) is 15.7. The number of hydrogen-bond acceptors (Lipinski definition) is 2. The molecule has 5 nitrogen and oxygen atoms in total. The van der Waals surface area contributed by atoms with Crippen LogP contribution in [0.2, 0.25) is 0 Å². The van der Waals surface area contributed by atoms with Crippen molar-refractivity contribution >= 4 is 22.7 Å². The van der Waals surface area contributed by atoms with E-state index >= 15 is 0 Å². The van der Waals surface area contributed by atoms with Crippen LogP contribution in [0.3, 0.4) is 0 Å². The van der Waals surface area contributed by atoms with Crippen molar-refractivity contribution in [2.75, 3.05) is 13.1 Å². The third-order valence-corrected chi connectivity index (χ3v) is 6.27. The largest absolute Gasteiger partial charge is 0.351 e. The van der Waals surface area contributed by atoms with Crippen molar-refractivity contribution < 1.29 is 9.59 Å². The van der Waals surface area contributed by atoms with Gasteiger partial charge in [0, 0.05) is 29.5 Å². The van der Waals surface area contributed by atoms with Crippen molar-refractivity contribution in [1.82, 2.24) is 15.2 Å². The lowest BCUT2D eigenvalue weighted by atomic mass is 9.82. The monoisotopic (exact) mass is 373 g/mol. The first-order chi connectivity index (χ1) is 13.6. The van der Waals surface area contributed by atoms with Gasteiger partial charge in [0.25, 0.3) is 5.91 Å². The number of hydrogen-bond donors (Lipinski definition) is 2. The molecule has 2 aromatic carbocycles. The molecule has 1 unspecified atom stereocenters. The molecular formula is C23H23N3O2. The summed E-state index contributed by atoms with van der Waals surface area (Å²) >= 11 is 0. The van der Waals surface area contributed by atoms with E-state index in [0.29, 0.717) is 18.8 Å². The molecular weight excluding hydrogens is 350 g/mol. The van der Waals surface area contributed by atoms with Crippen LogP contribution in [0.4, 0.5) is 0 Å². The fourth-order valence-electron chi connectivity index (χ4n) is 4.66. The van der Waals surface area contributed by atoms with E-state index in [0.717, 1.165) is 35.7 Å². The topological polar surface area (TPSA) is 65.2 Å². The number of nitrogens with one attached hydrogen (secondary N) is 2. The number of para-hydroxylation sites is 1. The van der Waals surface area contributed by atoms with Crippen LogP contribution in [-0.4, -0.2) is 40.3 Å². The first-order valence-electron chi connectivity index (χ1n) is 9.88. The summed E-state index contributed by atoms with van der Waals surface area (Å²) in [6, 6.07) is 19.8. The Morgan fingerprint density at radius 3 is 2.46 bits per heavy atom. The number of carbonyl (C=O) groups excluding carboxylic acids is 2. The molecule has 3 aromatic rings. The number of H-pyrrole nitrogens is 1. The molecule has 1 spiro atoms. The Bertz CT molecular complexity index is 999. The van der Waals surface area contributed by atoms with E-state index in [9.17, 15) is 9.59 Å². The molecule has 5 rings (SSSR count). The second-order valence-corrected chi connectivity index (χ2v) is 8.00. The van der Waals surface area contributed by atoms with Crippen LogP contribution in [0.1, 0.15) is 41.2 Å². The van der Waals surface area contributed by atoms with Crippen molar-refractivity contribution in [3.63, 3.8) is 0 Å². The smallest absolute Gasteiger partial charge is 0.270 e. The summed E-state index contributed by atoms with van der Waals surface area (Å²) in [7, 11) is 0. The van der Waals surface area contributed by atoms with Crippen molar-refractivity contribution in [3.05, 3.63) is 71.9 Å². The van der Waals surface area contributed by atoms with E-state index in [1.54, 1.807) is 0 Å². The molecule has 2 aliphatic heterocycles. The lowest BCUT2D eigenvalue weighted by molar-refractivity contribution is -0.121. The second kappa shape index (κ2) is 6.51. The average Bonchev–Trinajstić information content (AvgIpc) is 3.30. The first-order valence-corrected chi connectivity index (χ1v) is 9.88. The van der Waals surface area contributed by atoms with Crippen molar-refractivity contribution in [3.8, 4) is 0 Å². The van der Waals surface area contributed by atoms with Gasteiger partial charge in [0.05, 0.1) is 5.92 Å². The molecule has 2 saturated heterocycles. The Balaban J connectivity index is 1.28. The zero-order chi connectivity index (χ0) is 19.1. The normalized spacial score (nSPS) is 21.2. The third-order valence-electron chi connectivity index (χ3n) is 6.27. The Hall–Kier alpha value is -3.08. The maximum atomic E-state index is 12.9.